The van der Waals surface area contributed by atoms with Crippen molar-refractivity contribution < 1.29 is 4.42 Å². The second kappa shape index (κ2) is 13.6. The zero-order valence-electron chi connectivity index (χ0n) is 37.0. The van der Waals surface area contributed by atoms with Crippen LogP contribution < -0.4 is 0 Å². The fourth-order valence-corrected chi connectivity index (χ4v) is 11.3. The third-order valence-electron chi connectivity index (χ3n) is 15.0. The molecule has 4 heterocycles. The molecule has 12 aromatic rings. The Labute approximate surface area is 376 Å². The van der Waals surface area contributed by atoms with E-state index in [-0.39, 0.29) is 10.8 Å². The molecule has 0 aliphatic heterocycles. The van der Waals surface area contributed by atoms with Gasteiger partial charge in [0.1, 0.15) is 11.2 Å². The number of fused-ring (bicyclic) bond motifs is 10. The number of aromatic nitrogens is 5. The summed E-state index contributed by atoms with van der Waals surface area (Å²) in [6, 6.07) is 62.6. The Balaban J connectivity index is 1.11. The van der Waals surface area contributed by atoms with Crippen LogP contribution in [0.2, 0.25) is 0 Å². The number of nitrogens with zero attached hydrogens (tertiary/aromatic N) is 5. The zero-order chi connectivity index (χ0) is 43.8. The topological polar surface area (TPSA) is 61.7 Å². The van der Waals surface area contributed by atoms with E-state index >= 15 is 0 Å². The molecule has 0 radical (unpaired) electrons. The molecule has 1 aliphatic rings. The van der Waals surface area contributed by atoms with Crippen molar-refractivity contribution in [3.8, 4) is 45.5 Å². The Hall–Kier alpha value is -7.83. The van der Waals surface area contributed by atoms with Gasteiger partial charge in [-0.15, -0.1) is 0 Å². The summed E-state index contributed by atoms with van der Waals surface area (Å²) in [7, 11) is 0. The summed E-state index contributed by atoms with van der Waals surface area (Å²) < 4.78 is 11.4. The minimum atomic E-state index is -0.0498. The number of rotatable bonds is 5. The van der Waals surface area contributed by atoms with E-state index in [0.29, 0.717) is 23.5 Å². The summed E-state index contributed by atoms with van der Waals surface area (Å²) in [5.41, 5.74) is 14.0. The van der Waals surface area contributed by atoms with Gasteiger partial charge < -0.3 is 8.98 Å². The maximum absolute atomic E-state index is 6.61. The van der Waals surface area contributed by atoms with Crippen LogP contribution in [0.5, 0.6) is 0 Å². The quantitative estimate of drug-likeness (QED) is 0.173. The van der Waals surface area contributed by atoms with Crippen LogP contribution in [-0.4, -0.2) is 24.1 Å². The van der Waals surface area contributed by atoms with E-state index in [4.69, 9.17) is 19.4 Å². The molecule has 1 aliphatic carbocycles. The molecule has 4 aromatic heterocycles. The van der Waals surface area contributed by atoms with Crippen molar-refractivity contribution in [2.24, 2.45) is 5.92 Å². The average molecular weight is 840 g/mol. The van der Waals surface area contributed by atoms with Crippen LogP contribution >= 0.6 is 0 Å². The zero-order valence-corrected chi connectivity index (χ0v) is 37.0. The van der Waals surface area contributed by atoms with Crippen LogP contribution in [0.25, 0.3) is 111 Å². The van der Waals surface area contributed by atoms with Crippen molar-refractivity contribution >= 4 is 65.6 Å². The monoisotopic (exact) mass is 839 g/mol. The molecule has 8 aromatic carbocycles. The highest BCUT2D eigenvalue weighted by molar-refractivity contribution is 6.19. The summed E-state index contributed by atoms with van der Waals surface area (Å²) in [4.78, 5) is 16.1. The van der Waals surface area contributed by atoms with E-state index in [1.165, 1.54) is 33.1 Å². The van der Waals surface area contributed by atoms with Crippen molar-refractivity contribution in [3.63, 3.8) is 0 Å². The fraction of sp³-hybridized carbons (Fsp3) is 0.136. The summed E-state index contributed by atoms with van der Waals surface area (Å²) >= 11 is 0. The molecule has 0 spiro atoms. The van der Waals surface area contributed by atoms with Gasteiger partial charge in [-0.25, -0.2) is 4.98 Å². The number of furan rings is 1. The number of hydrogen-bond acceptors (Lipinski definition) is 4. The number of hydrogen-bond donors (Lipinski definition) is 0. The van der Waals surface area contributed by atoms with Crippen LogP contribution in [0.4, 0.5) is 0 Å². The first-order valence-corrected chi connectivity index (χ1v) is 22.6. The van der Waals surface area contributed by atoms with E-state index in [0.717, 1.165) is 71.5 Å². The highest BCUT2D eigenvalue weighted by Gasteiger charge is 2.50. The standard InChI is InChI=1S/C59H45N5O/c1-35-58(2,3)46-24-16-27-49(53(46)59(35,4)5)63-47-25-12-9-19-39(47)44-33-45-40-20-10-13-26-48(40)64(51(45)34-50(44)63)57-61-55(38-31-29-37(30-32-38)36-17-7-6-8-18-36)60-56(62-57)43-23-15-22-42-41-21-11-14-28-52(41)65-54(42)43/h6-35H,1-5H3. The lowest BCUT2D eigenvalue weighted by Gasteiger charge is -2.33. The largest absolute Gasteiger partial charge is 0.455 e. The smallest absolute Gasteiger partial charge is 0.238 e. The summed E-state index contributed by atoms with van der Waals surface area (Å²) in [6.07, 6.45) is 0. The van der Waals surface area contributed by atoms with E-state index < -0.39 is 0 Å². The average Bonchev–Trinajstić information content (AvgIpc) is 4.03. The molecular weight excluding hydrogens is 795 g/mol. The lowest BCUT2D eigenvalue weighted by atomic mass is 9.71. The molecule has 0 saturated carbocycles. The van der Waals surface area contributed by atoms with Crippen molar-refractivity contribution in [3.05, 3.63) is 187 Å². The lowest BCUT2D eigenvalue weighted by molar-refractivity contribution is 0.264. The minimum absolute atomic E-state index is 0.0238. The molecule has 1 atom stereocenters. The minimum Gasteiger partial charge on any atom is -0.455 e. The Morgan fingerprint density at radius 3 is 1.78 bits per heavy atom. The molecule has 13 rings (SSSR count). The molecule has 6 heteroatoms. The molecule has 65 heavy (non-hydrogen) atoms. The molecular formula is C59H45N5O. The predicted octanol–water partition coefficient (Wildman–Crippen LogP) is 15.2. The Morgan fingerprint density at radius 1 is 0.446 bits per heavy atom. The van der Waals surface area contributed by atoms with Crippen molar-refractivity contribution in [2.45, 2.75) is 45.4 Å². The van der Waals surface area contributed by atoms with Crippen LogP contribution in [0.1, 0.15) is 45.7 Å². The molecule has 0 fully saturated rings. The SMILES string of the molecule is CC1C(C)(C)c2cccc(-n3c4ccccc4c4cc5c6ccccc6n(-c6nc(-c7ccc(-c8ccccc8)cc7)nc(-c7cccc8c7oc7ccccc78)n6)c5cc43)c2C1(C)C. The van der Waals surface area contributed by atoms with Gasteiger partial charge in [-0.1, -0.05) is 168 Å². The highest BCUT2D eigenvalue weighted by Crippen LogP contribution is 2.56. The number of para-hydroxylation sites is 4. The van der Waals surface area contributed by atoms with Crippen molar-refractivity contribution in [2.75, 3.05) is 0 Å². The fourth-order valence-electron chi connectivity index (χ4n) is 11.3. The van der Waals surface area contributed by atoms with E-state index in [9.17, 15) is 0 Å². The summed E-state index contributed by atoms with van der Waals surface area (Å²) in [5, 5.41) is 6.79. The Bertz CT molecular complexity index is 3900. The van der Waals surface area contributed by atoms with Gasteiger partial charge >= 0.3 is 0 Å². The molecule has 1 unspecified atom stereocenters. The van der Waals surface area contributed by atoms with Gasteiger partial charge in [-0.05, 0) is 81.5 Å². The first kappa shape index (κ1) is 37.7. The third-order valence-corrected chi connectivity index (χ3v) is 15.0. The van der Waals surface area contributed by atoms with Gasteiger partial charge in [0.15, 0.2) is 11.6 Å². The van der Waals surface area contributed by atoms with Crippen LogP contribution in [0, 0.1) is 5.92 Å². The Kier molecular flexibility index (Phi) is 7.88. The van der Waals surface area contributed by atoms with E-state index in [1.54, 1.807) is 0 Å². The maximum Gasteiger partial charge on any atom is 0.238 e. The summed E-state index contributed by atoms with van der Waals surface area (Å²) in [6.45, 7) is 12.1. The van der Waals surface area contributed by atoms with Gasteiger partial charge in [-0.2, -0.15) is 9.97 Å². The Morgan fingerprint density at radius 2 is 1.03 bits per heavy atom. The third kappa shape index (κ3) is 5.37. The highest BCUT2D eigenvalue weighted by atomic mass is 16.3. The van der Waals surface area contributed by atoms with Gasteiger partial charge in [0.2, 0.25) is 5.95 Å². The summed E-state index contributed by atoms with van der Waals surface area (Å²) in [5.74, 6) is 2.11. The second-order valence-electron chi connectivity index (χ2n) is 19.0. The van der Waals surface area contributed by atoms with Crippen molar-refractivity contribution in [1.82, 2.24) is 24.1 Å². The van der Waals surface area contributed by atoms with Gasteiger partial charge in [-0.3, -0.25) is 4.57 Å². The van der Waals surface area contributed by atoms with Crippen LogP contribution in [0.15, 0.2) is 180 Å². The van der Waals surface area contributed by atoms with Crippen LogP contribution in [0.3, 0.4) is 0 Å². The normalized spacial score (nSPS) is 15.6. The van der Waals surface area contributed by atoms with Gasteiger partial charge in [0.05, 0.1) is 33.3 Å². The van der Waals surface area contributed by atoms with Crippen LogP contribution in [-0.2, 0) is 10.8 Å². The second-order valence-corrected chi connectivity index (χ2v) is 19.0. The molecule has 0 N–H and O–H groups in total. The van der Waals surface area contributed by atoms with E-state index in [1.807, 2.05) is 24.3 Å². The molecule has 0 bridgehead atoms. The van der Waals surface area contributed by atoms with Crippen molar-refractivity contribution in [1.29, 1.82) is 0 Å². The maximum atomic E-state index is 6.61. The van der Waals surface area contributed by atoms with Gasteiger partial charge in [0.25, 0.3) is 0 Å². The van der Waals surface area contributed by atoms with Gasteiger partial charge in [0, 0.05) is 37.9 Å². The molecule has 0 saturated heterocycles. The lowest BCUT2D eigenvalue weighted by Crippen LogP contribution is -2.31. The first-order valence-electron chi connectivity index (χ1n) is 22.6. The molecule has 0 amide bonds. The predicted molar refractivity (Wildman–Crippen MR) is 267 cm³/mol. The van der Waals surface area contributed by atoms with E-state index in [2.05, 4.69) is 195 Å². The first-order chi connectivity index (χ1) is 31.7. The molecule has 6 nitrogen and oxygen atoms in total. The number of benzene rings is 8. The molecule has 312 valence electrons.